The number of fused-ring (bicyclic) bond motifs is 2. The van der Waals surface area contributed by atoms with Crippen molar-refractivity contribution in [2.75, 3.05) is 0 Å². The van der Waals surface area contributed by atoms with Crippen LogP contribution in [-0.2, 0) is 10.1 Å². The maximum Gasteiger partial charge on any atom is 0.125 e. The number of rotatable bonds is 1. The van der Waals surface area contributed by atoms with Crippen molar-refractivity contribution in [1.29, 1.82) is 0 Å². The monoisotopic (exact) mass is 331 g/mol. The van der Waals surface area contributed by atoms with Gasteiger partial charge >= 0.3 is 0 Å². The fourth-order valence-corrected chi connectivity index (χ4v) is 4.51. The van der Waals surface area contributed by atoms with Gasteiger partial charge in [-0.1, -0.05) is 60.7 Å². The Bertz CT molecular complexity index is 1320. The maximum atomic E-state index is 11.7. The first-order valence-corrected chi connectivity index (χ1v) is 9.01. The summed E-state index contributed by atoms with van der Waals surface area (Å²) < 4.78 is 35.0. The lowest BCUT2D eigenvalue weighted by Crippen LogP contribution is -2.00. The van der Waals surface area contributed by atoms with Crippen LogP contribution in [0, 0.1) is 0 Å². The predicted octanol–water partition coefficient (Wildman–Crippen LogP) is 4.64. The Hall–Kier alpha value is -2.69. The zero-order valence-electron chi connectivity index (χ0n) is 12.5. The third-order valence-electron chi connectivity index (χ3n) is 4.76. The largest absolute Gasteiger partial charge is 0.744 e. The molecule has 0 aliphatic carbocycles. The summed E-state index contributed by atoms with van der Waals surface area (Å²) in [6.07, 6.45) is 0. The van der Waals surface area contributed by atoms with Gasteiger partial charge < -0.3 is 4.55 Å². The summed E-state index contributed by atoms with van der Waals surface area (Å²) in [6.45, 7) is 0. The molecule has 0 aromatic heterocycles. The van der Waals surface area contributed by atoms with Crippen LogP contribution in [0.3, 0.4) is 0 Å². The van der Waals surface area contributed by atoms with E-state index < -0.39 is 10.1 Å². The van der Waals surface area contributed by atoms with Gasteiger partial charge in [-0.2, -0.15) is 0 Å². The van der Waals surface area contributed by atoms with Gasteiger partial charge in [-0.05, 0) is 43.8 Å². The molecule has 0 amide bonds. The average molecular weight is 331 g/mol. The highest BCUT2D eigenvalue weighted by molar-refractivity contribution is 7.86. The van der Waals surface area contributed by atoms with Crippen molar-refractivity contribution < 1.29 is 13.0 Å². The van der Waals surface area contributed by atoms with E-state index in [1.54, 1.807) is 12.1 Å². The molecular formula is C20H11O3S-. The van der Waals surface area contributed by atoms with Gasteiger partial charge in [0.15, 0.2) is 0 Å². The third kappa shape index (κ3) is 1.67. The highest BCUT2D eigenvalue weighted by Gasteiger charge is 2.15. The Balaban J connectivity index is 2.21. The van der Waals surface area contributed by atoms with Crippen molar-refractivity contribution in [2.24, 2.45) is 0 Å². The molecule has 0 unspecified atom stereocenters. The van der Waals surface area contributed by atoms with Crippen LogP contribution in [0.2, 0.25) is 0 Å². The summed E-state index contributed by atoms with van der Waals surface area (Å²) in [7, 11) is -4.53. The minimum atomic E-state index is -4.53. The van der Waals surface area contributed by atoms with Gasteiger partial charge in [0.05, 0.1) is 4.90 Å². The van der Waals surface area contributed by atoms with Gasteiger partial charge in [0.25, 0.3) is 0 Å². The smallest absolute Gasteiger partial charge is 0.125 e. The highest BCUT2D eigenvalue weighted by atomic mass is 32.2. The van der Waals surface area contributed by atoms with Gasteiger partial charge in [0.2, 0.25) is 0 Å². The number of hydrogen-bond acceptors (Lipinski definition) is 3. The SMILES string of the molecule is O=S(=O)([O-])c1ccc2c3cccc4cccc(c5cccc1c52)c43. The summed E-state index contributed by atoms with van der Waals surface area (Å²) in [5.74, 6) is 0. The third-order valence-corrected chi connectivity index (χ3v) is 5.65. The fraction of sp³-hybridized carbons (Fsp3) is 0. The molecule has 0 spiro atoms. The van der Waals surface area contributed by atoms with E-state index >= 15 is 0 Å². The van der Waals surface area contributed by atoms with Crippen molar-refractivity contribution in [3.8, 4) is 0 Å². The Morgan fingerprint density at radius 2 is 1.08 bits per heavy atom. The molecule has 116 valence electrons. The minimum absolute atomic E-state index is 0.158. The van der Waals surface area contributed by atoms with Gasteiger partial charge in [-0.25, -0.2) is 8.42 Å². The van der Waals surface area contributed by atoms with Crippen LogP contribution in [0.1, 0.15) is 0 Å². The Morgan fingerprint density at radius 3 is 1.71 bits per heavy atom. The molecule has 24 heavy (non-hydrogen) atoms. The molecule has 0 heterocycles. The van der Waals surface area contributed by atoms with Crippen LogP contribution in [0.25, 0.3) is 43.1 Å². The first-order chi connectivity index (χ1) is 11.6. The maximum absolute atomic E-state index is 11.7. The first-order valence-electron chi connectivity index (χ1n) is 7.60. The van der Waals surface area contributed by atoms with E-state index in [-0.39, 0.29) is 4.90 Å². The summed E-state index contributed by atoms with van der Waals surface area (Å²) in [4.78, 5) is -0.158. The van der Waals surface area contributed by atoms with Gasteiger partial charge in [0, 0.05) is 5.39 Å². The lowest BCUT2D eigenvalue weighted by Gasteiger charge is -2.17. The van der Waals surface area contributed by atoms with E-state index in [0.717, 1.165) is 37.7 Å². The van der Waals surface area contributed by atoms with E-state index in [0.29, 0.717) is 5.39 Å². The highest BCUT2D eigenvalue weighted by Crippen LogP contribution is 2.41. The molecule has 0 atom stereocenters. The molecule has 4 heteroatoms. The van der Waals surface area contributed by atoms with Crippen LogP contribution in [-0.4, -0.2) is 13.0 Å². The van der Waals surface area contributed by atoms with Gasteiger partial charge in [-0.15, -0.1) is 0 Å². The molecule has 0 radical (unpaired) electrons. The van der Waals surface area contributed by atoms with Crippen molar-refractivity contribution in [3.63, 3.8) is 0 Å². The van der Waals surface area contributed by atoms with E-state index in [9.17, 15) is 13.0 Å². The normalized spacial score (nSPS) is 12.7. The molecule has 3 nitrogen and oxygen atoms in total. The lowest BCUT2D eigenvalue weighted by atomic mass is 9.90. The van der Waals surface area contributed by atoms with Gasteiger partial charge in [0.1, 0.15) is 10.1 Å². The first kappa shape index (κ1) is 13.7. The van der Waals surface area contributed by atoms with E-state index in [1.165, 1.54) is 6.07 Å². The Labute approximate surface area is 138 Å². The van der Waals surface area contributed by atoms with Crippen molar-refractivity contribution in [1.82, 2.24) is 0 Å². The summed E-state index contributed by atoms with van der Waals surface area (Å²) in [5.41, 5.74) is 0. The summed E-state index contributed by atoms with van der Waals surface area (Å²) >= 11 is 0. The van der Waals surface area contributed by atoms with Gasteiger partial charge in [-0.3, -0.25) is 0 Å². The standard InChI is InChI=1S/C20H12O3S/c21-24(22,23)18-11-10-16-14-7-2-5-12-4-1-6-13(19(12)14)15-8-3-9-17(18)20(15)16/h1-11H,(H,21,22,23)/p-1. The molecule has 0 saturated heterocycles. The molecule has 5 rings (SSSR count). The molecule has 0 aliphatic heterocycles. The van der Waals surface area contributed by atoms with Crippen molar-refractivity contribution in [2.45, 2.75) is 4.90 Å². The molecule has 0 fully saturated rings. The van der Waals surface area contributed by atoms with E-state index in [1.807, 2.05) is 36.4 Å². The second kappa shape index (κ2) is 4.44. The Kier molecular flexibility index (Phi) is 2.54. The number of benzene rings is 5. The second-order valence-corrected chi connectivity index (χ2v) is 7.35. The van der Waals surface area contributed by atoms with Crippen LogP contribution < -0.4 is 0 Å². The molecule has 0 saturated carbocycles. The molecule has 0 bridgehead atoms. The van der Waals surface area contributed by atoms with E-state index in [2.05, 4.69) is 12.1 Å². The molecule has 5 aromatic rings. The Morgan fingerprint density at radius 1 is 0.583 bits per heavy atom. The summed E-state index contributed by atoms with van der Waals surface area (Å²) in [6, 6.07) is 20.9. The van der Waals surface area contributed by atoms with Crippen molar-refractivity contribution >= 4 is 53.2 Å². The molecule has 0 aliphatic rings. The second-order valence-electron chi connectivity index (χ2n) is 6.00. The van der Waals surface area contributed by atoms with Crippen LogP contribution in [0.5, 0.6) is 0 Å². The fourth-order valence-electron chi connectivity index (χ4n) is 3.84. The molecular weight excluding hydrogens is 320 g/mol. The zero-order valence-corrected chi connectivity index (χ0v) is 13.3. The number of hydrogen-bond donors (Lipinski definition) is 0. The van der Waals surface area contributed by atoms with Crippen LogP contribution in [0.15, 0.2) is 71.6 Å². The lowest BCUT2D eigenvalue weighted by molar-refractivity contribution is 0.464. The molecule has 5 aromatic carbocycles. The van der Waals surface area contributed by atoms with E-state index in [4.69, 9.17) is 0 Å². The minimum Gasteiger partial charge on any atom is -0.744 e. The molecule has 0 N–H and O–H groups in total. The van der Waals surface area contributed by atoms with Crippen molar-refractivity contribution in [3.05, 3.63) is 66.7 Å². The average Bonchev–Trinajstić information content (AvgIpc) is 2.58. The predicted molar refractivity (Wildman–Crippen MR) is 95.6 cm³/mol. The quantitative estimate of drug-likeness (QED) is 0.255. The topological polar surface area (TPSA) is 57.2 Å². The zero-order chi connectivity index (χ0) is 16.5. The summed E-state index contributed by atoms with van der Waals surface area (Å²) in [5, 5.41) is 7.72. The van der Waals surface area contributed by atoms with Crippen LogP contribution in [0.4, 0.5) is 0 Å². The van der Waals surface area contributed by atoms with Crippen LogP contribution >= 0.6 is 0 Å².